The SMILES string of the molecule is CC(=O)[C@H]1[C@H](O)C[C@H]2[C@@H]3CCC4=C[C@@H](O)CC[C@]4(C)[C@H]3CC[C@@]21C. The van der Waals surface area contributed by atoms with E-state index in [-0.39, 0.29) is 28.6 Å². The molecule has 24 heavy (non-hydrogen) atoms. The molecule has 0 radical (unpaired) electrons. The molecule has 0 aromatic carbocycles. The lowest BCUT2D eigenvalue weighted by Crippen LogP contribution is -2.51. The van der Waals surface area contributed by atoms with Gasteiger partial charge in [0.2, 0.25) is 0 Å². The first-order chi connectivity index (χ1) is 11.3. The smallest absolute Gasteiger partial charge is 0.136 e. The predicted molar refractivity (Wildman–Crippen MR) is 93.3 cm³/mol. The lowest BCUT2D eigenvalue weighted by Gasteiger charge is -2.58. The fourth-order valence-electron chi connectivity index (χ4n) is 7.46. The van der Waals surface area contributed by atoms with Crippen LogP contribution < -0.4 is 0 Å². The first-order valence-corrected chi connectivity index (χ1v) is 9.85. The van der Waals surface area contributed by atoms with Crippen molar-refractivity contribution < 1.29 is 15.0 Å². The summed E-state index contributed by atoms with van der Waals surface area (Å²) in [5.74, 6) is 1.77. The number of carbonyl (C=O) groups excluding carboxylic acids is 1. The number of hydrogen-bond acceptors (Lipinski definition) is 3. The molecule has 134 valence electrons. The second-order valence-electron chi connectivity index (χ2n) is 9.57. The first kappa shape index (κ1) is 16.8. The average Bonchev–Trinajstić information content (AvgIpc) is 2.78. The van der Waals surface area contributed by atoms with Crippen LogP contribution in [0.3, 0.4) is 0 Å². The molecule has 0 bridgehead atoms. The van der Waals surface area contributed by atoms with Crippen molar-refractivity contribution in [3.63, 3.8) is 0 Å². The second kappa shape index (κ2) is 5.41. The minimum atomic E-state index is -0.450. The van der Waals surface area contributed by atoms with Crippen molar-refractivity contribution in [3.05, 3.63) is 11.6 Å². The fourth-order valence-corrected chi connectivity index (χ4v) is 7.46. The Kier molecular flexibility index (Phi) is 3.78. The van der Waals surface area contributed by atoms with Crippen LogP contribution in [0.4, 0.5) is 0 Å². The molecule has 0 unspecified atom stereocenters. The lowest BCUT2D eigenvalue weighted by atomic mass is 9.46. The number of carbonyl (C=O) groups is 1. The van der Waals surface area contributed by atoms with E-state index in [1.807, 2.05) is 0 Å². The van der Waals surface area contributed by atoms with E-state index >= 15 is 0 Å². The topological polar surface area (TPSA) is 57.5 Å². The summed E-state index contributed by atoms with van der Waals surface area (Å²) in [5, 5.41) is 20.6. The van der Waals surface area contributed by atoms with Crippen molar-refractivity contribution >= 4 is 5.78 Å². The van der Waals surface area contributed by atoms with Crippen molar-refractivity contribution in [1.29, 1.82) is 0 Å². The van der Waals surface area contributed by atoms with Gasteiger partial charge in [-0.1, -0.05) is 25.5 Å². The molecule has 0 aliphatic heterocycles. The molecule has 0 aromatic heterocycles. The van der Waals surface area contributed by atoms with Crippen LogP contribution in [0.5, 0.6) is 0 Å². The van der Waals surface area contributed by atoms with Crippen molar-refractivity contribution in [2.24, 2.45) is 34.5 Å². The quantitative estimate of drug-likeness (QED) is 0.723. The Balaban J connectivity index is 1.68. The standard InChI is InChI=1S/C21H32O3/c1-12(22)19-18(24)11-17-15-5-4-13-10-14(23)6-8-20(13,2)16(15)7-9-21(17,19)3/h10,14-19,23-24H,4-9,11H2,1-3H3/t14-,15+,16-,17-,18+,19-,20-,21-/m0/s1. The molecule has 0 spiro atoms. The molecule has 4 rings (SSSR count). The van der Waals surface area contributed by atoms with Gasteiger partial charge in [-0.15, -0.1) is 0 Å². The Morgan fingerprint density at radius 3 is 2.58 bits per heavy atom. The summed E-state index contributed by atoms with van der Waals surface area (Å²) < 4.78 is 0. The highest BCUT2D eigenvalue weighted by molar-refractivity contribution is 5.80. The van der Waals surface area contributed by atoms with E-state index in [0.29, 0.717) is 17.8 Å². The fraction of sp³-hybridized carbons (Fsp3) is 0.857. The Morgan fingerprint density at radius 2 is 1.88 bits per heavy atom. The van der Waals surface area contributed by atoms with Crippen molar-refractivity contribution in [2.75, 3.05) is 0 Å². The van der Waals surface area contributed by atoms with Crippen molar-refractivity contribution in [1.82, 2.24) is 0 Å². The molecule has 3 fully saturated rings. The number of Topliss-reactive ketones (excluding diaryl/α,β-unsaturated/α-hetero) is 1. The summed E-state index contributed by atoms with van der Waals surface area (Å²) in [6.07, 6.45) is 8.67. The Morgan fingerprint density at radius 1 is 1.12 bits per heavy atom. The van der Waals surface area contributed by atoms with E-state index in [9.17, 15) is 15.0 Å². The van der Waals surface area contributed by atoms with Crippen LogP contribution in [0.25, 0.3) is 0 Å². The maximum absolute atomic E-state index is 12.2. The molecular weight excluding hydrogens is 300 g/mol. The van der Waals surface area contributed by atoms with Crippen LogP contribution >= 0.6 is 0 Å². The molecule has 0 aromatic rings. The number of hydrogen-bond donors (Lipinski definition) is 2. The minimum absolute atomic E-state index is 0.0157. The van der Waals surface area contributed by atoms with Gasteiger partial charge >= 0.3 is 0 Å². The second-order valence-corrected chi connectivity index (χ2v) is 9.57. The molecule has 0 amide bonds. The summed E-state index contributed by atoms with van der Waals surface area (Å²) in [7, 11) is 0. The summed E-state index contributed by atoms with van der Waals surface area (Å²) >= 11 is 0. The number of aliphatic hydroxyl groups is 2. The third-order valence-electron chi connectivity index (χ3n) is 8.56. The number of allylic oxidation sites excluding steroid dienone is 1. The number of ketones is 1. The van der Waals surface area contributed by atoms with Gasteiger partial charge < -0.3 is 10.2 Å². The maximum atomic E-state index is 12.2. The zero-order valence-electron chi connectivity index (χ0n) is 15.3. The molecule has 0 heterocycles. The summed E-state index contributed by atoms with van der Waals surface area (Å²) in [6, 6.07) is 0. The van der Waals surface area contributed by atoms with E-state index in [0.717, 1.165) is 44.9 Å². The van der Waals surface area contributed by atoms with Gasteiger partial charge in [0.25, 0.3) is 0 Å². The predicted octanol–water partition coefficient (Wildman–Crippen LogP) is 3.49. The molecule has 3 nitrogen and oxygen atoms in total. The monoisotopic (exact) mass is 332 g/mol. The molecule has 4 aliphatic rings. The largest absolute Gasteiger partial charge is 0.392 e. The normalized spacial score (nSPS) is 53.6. The molecule has 3 saturated carbocycles. The molecule has 4 aliphatic carbocycles. The Hall–Kier alpha value is -0.670. The van der Waals surface area contributed by atoms with Crippen LogP contribution in [-0.2, 0) is 4.79 Å². The van der Waals surface area contributed by atoms with Gasteiger partial charge in [-0.2, -0.15) is 0 Å². The van der Waals surface area contributed by atoms with E-state index in [1.54, 1.807) is 6.92 Å². The van der Waals surface area contributed by atoms with Crippen LogP contribution in [0.15, 0.2) is 11.6 Å². The summed E-state index contributed by atoms with van der Waals surface area (Å²) in [6.45, 7) is 6.35. The van der Waals surface area contributed by atoms with Gasteiger partial charge in [-0.25, -0.2) is 0 Å². The van der Waals surface area contributed by atoms with Gasteiger partial charge in [0.15, 0.2) is 0 Å². The highest BCUT2D eigenvalue weighted by Gasteiger charge is 2.62. The van der Waals surface area contributed by atoms with E-state index in [2.05, 4.69) is 19.9 Å². The molecule has 2 N–H and O–H groups in total. The molecule has 0 saturated heterocycles. The third kappa shape index (κ3) is 2.13. The highest BCUT2D eigenvalue weighted by Crippen LogP contribution is 2.66. The zero-order valence-corrected chi connectivity index (χ0v) is 15.3. The lowest BCUT2D eigenvalue weighted by molar-refractivity contribution is -0.131. The number of rotatable bonds is 1. The van der Waals surface area contributed by atoms with Crippen LogP contribution in [0, 0.1) is 34.5 Å². The highest BCUT2D eigenvalue weighted by atomic mass is 16.3. The van der Waals surface area contributed by atoms with Crippen LogP contribution in [0.2, 0.25) is 0 Å². The Bertz CT molecular complexity index is 582. The summed E-state index contributed by atoms with van der Waals surface area (Å²) in [5.41, 5.74) is 1.69. The maximum Gasteiger partial charge on any atom is 0.136 e. The molecule has 8 atom stereocenters. The van der Waals surface area contributed by atoms with Crippen molar-refractivity contribution in [3.8, 4) is 0 Å². The average molecular weight is 332 g/mol. The van der Waals surface area contributed by atoms with E-state index in [1.165, 1.54) is 5.57 Å². The minimum Gasteiger partial charge on any atom is -0.392 e. The van der Waals surface area contributed by atoms with Gasteiger partial charge in [0, 0.05) is 5.92 Å². The zero-order chi connectivity index (χ0) is 17.3. The number of fused-ring (bicyclic) bond motifs is 5. The molecular formula is C21H32O3. The van der Waals surface area contributed by atoms with E-state index in [4.69, 9.17) is 0 Å². The van der Waals surface area contributed by atoms with Crippen LogP contribution in [-0.4, -0.2) is 28.2 Å². The molecule has 3 heteroatoms. The first-order valence-electron chi connectivity index (χ1n) is 9.85. The van der Waals surface area contributed by atoms with Crippen LogP contribution in [0.1, 0.15) is 65.7 Å². The number of aliphatic hydroxyl groups excluding tert-OH is 2. The van der Waals surface area contributed by atoms with E-state index < -0.39 is 6.10 Å². The van der Waals surface area contributed by atoms with Gasteiger partial charge in [0.05, 0.1) is 12.2 Å². The van der Waals surface area contributed by atoms with Gasteiger partial charge in [-0.05, 0) is 80.5 Å². The summed E-state index contributed by atoms with van der Waals surface area (Å²) in [4.78, 5) is 12.2. The van der Waals surface area contributed by atoms with Gasteiger partial charge in [0.1, 0.15) is 5.78 Å². The van der Waals surface area contributed by atoms with Gasteiger partial charge in [-0.3, -0.25) is 4.79 Å². The Labute approximate surface area is 145 Å². The van der Waals surface area contributed by atoms with Crippen molar-refractivity contribution in [2.45, 2.75) is 77.9 Å². The third-order valence-corrected chi connectivity index (χ3v) is 8.56.